The second-order valence-corrected chi connectivity index (χ2v) is 6.69. The molecule has 0 unspecified atom stereocenters. The number of anilines is 1. The number of hydrogen-bond donors (Lipinski definition) is 3. The van der Waals surface area contributed by atoms with Gasteiger partial charge in [-0.1, -0.05) is 41.9 Å². The van der Waals surface area contributed by atoms with Crippen LogP contribution < -0.4 is 10.6 Å². The predicted molar refractivity (Wildman–Crippen MR) is 112 cm³/mol. The van der Waals surface area contributed by atoms with Crippen LogP contribution in [0.3, 0.4) is 0 Å². The molecule has 0 saturated carbocycles. The van der Waals surface area contributed by atoms with Gasteiger partial charge in [0.25, 0.3) is 5.91 Å². The number of ether oxygens (including phenoxy) is 1. The average molecular weight is 419 g/mol. The van der Waals surface area contributed by atoms with Gasteiger partial charge in [-0.05, 0) is 29.8 Å². The van der Waals surface area contributed by atoms with Crippen LogP contribution in [0.4, 0.5) is 5.69 Å². The Morgan fingerprint density at radius 2 is 1.96 bits per heavy atom. The summed E-state index contributed by atoms with van der Waals surface area (Å²) in [6.45, 7) is 2.38. The fraction of sp³-hybridized carbons (Fsp3) is 0.200. The van der Waals surface area contributed by atoms with E-state index in [1.54, 1.807) is 12.1 Å². The van der Waals surface area contributed by atoms with Crippen LogP contribution in [0.5, 0.6) is 0 Å². The van der Waals surface area contributed by atoms with Crippen molar-refractivity contribution in [2.75, 3.05) is 25.0 Å². The van der Waals surface area contributed by atoms with Gasteiger partial charge in [0.15, 0.2) is 0 Å². The Kier molecular flexibility index (Phi) is 6.70. The molecule has 1 aliphatic heterocycles. The van der Waals surface area contributed by atoms with Crippen molar-refractivity contribution in [2.24, 2.45) is 0 Å². The molecule has 0 radical (unpaired) electrons. The lowest BCUT2D eigenvalue weighted by molar-refractivity contribution is 0.0277. The zero-order valence-electron chi connectivity index (χ0n) is 14.9. The maximum atomic E-state index is 12.5. The molecule has 28 heavy (non-hydrogen) atoms. The highest BCUT2D eigenvalue weighted by atomic mass is 35.5. The number of aromatic nitrogens is 2. The van der Waals surface area contributed by atoms with Gasteiger partial charge in [0, 0.05) is 24.3 Å². The molecule has 1 aliphatic rings. The van der Waals surface area contributed by atoms with E-state index in [1.807, 2.05) is 42.5 Å². The molecule has 0 bridgehead atoms. The second kappa shape index (κ2) is 9.21. The van der Waals surface area contributed by atoms with Crippen molar-refractivity contribution >= 4 is 35.6 Å². The van der Waals surface area contributed by atoms with Gasteiger partial charge < -0.3 is 15.4 Å². The number of carbonyl (C=O) groups is 1. The first kappa shape index (κ1) is 20.4. The van der Waals surface area contributed by atoms with Crippen molar-refractivity contribution in [2.45, 2.75) is 6.10 Å². The first-order chi connectivity index (χ1) is 13.2. The summed E-state index contributed by atoms with van der Waals surface area (Å²) in [6.07, 6.45) is 0.0503. The lowest BCUT2D eigenvalue weighted by Gasteiger charge is -2.24. The maximum absolute atomic E-state index is 12.5. The van der Waals surface area contributed by atoms with Crippen LogP contribution in [0.25, 0.3) is 11.3 Å². The fourth-order valence-electron chi connectivity index (χ4n) is 3.00. The van der Waals surface area contributed by atoms with Gasteiger partial charge in [-0.3, -0.25) is 9.89 Å². The number of rotatable bonds is 4. The molecule has 2 heterocycles. The summed E-state index contributed by atoms with van der Waals surface area (Å²) in [6, 6.07) is 16.7. The molecule has 1 fully saturated rings. The monoisotopic (exact) mass is 418 g/mol. The van der Waals surface area contributed by atoms with E-state index >= 15 is 0 Å². The van der Waals surface area contributed by atoms with E-state index < -0.39 is 0 Å². The summed E-state index contributed by atoms with van der Waals surface area (Å²) in [5.74, 6) is -0.260. The van der Waals surface area contributed by atoms with Gasteiger partial charge in [0.05, 0.1) is 23.4 Å². The van der Waals surface area contributed by atoms with Crippen molar-refractivity contribution in [3.05, 3.63) is 70.9 Å². The lowest BCUT2D eigenvalue weighted by atomic mass is 10.1. The first-order valence-corrected chi connectivity index (χ1v) is 9.12. The summed E-state index contributed by atoms with van der Waals surface area (Å²) in [5.41, 5.74) is 3.57. The number of nitrogens with zero attached hydrogens (tertiary/aromatic N) is 1. The Balaban J connectivity index is 0.00000225. The Morgan fingerprint density at radius 3 is 2.68 bits per heavy atom. The third-order valence-electron chi connectivity index (χ3n) is 4.44. The summed E-state index contributed by atoms with van der Waals surface area (Å²) in [4.78, 5) is 12.5. The van der Waals surface area contributed by atoms with E-state index in [0.717, 1.165) is 24.2 Å². The van der Waals surface area contributed by atoms with Gasteiger partial charge in [-0.15, -0.1) is 12.4 Å². The summed E-state index contributed by atoms with van der Waals surface area (Å²) < 4.78 is 5.73. The highest BCUT2D eigenvalue weighted by Gasteiger charge is 2.16. The molecule has 1 atom stereocenters. The van der Waals surface area contributed by atoms with Gasteiger partial charge in [-0.25, -0.2) is 0 Å². The Morgan fingerprint density at radius 1 is 1.18 bits per heavy atom. The van der Waals surface area contributed by atoms with Crippen LogP contribution in [-0.4, -0.2) is 35.8 Å². The number of H-pyrrole nitrogens is 1. The number of amides is 1. The van der Waals surface area contributed by atoms with Gasteiger partial charge in [-0.2, -0.15) is 5.10 Å². The van der Waals surface area contributed by atoms with Crippen LogP contribution in [0.2, 0.25) is 5.02 Å². The minimum absolute atomic E-state index is 0. The van der Waals surface area contributed by atoms with E-state index in [0.29, 0.717) is 28.7 Å². The quantitative estimate of drug-likeness (QED) is 0.596. The smallest absolute Gasteiger partial charge is 0.273 e. The van der Waals surface area contributed by atoms with Crippen LogP contribution in [0, 0.1) is 0 Å². The second-order valence-electron chi connectivity index (χ2n) is 6.29. The van der Waals surface area contributed by atoms with Crippen molar-refractivity contribution in [1.29, 1.82) is 0 Å². The van der Waals surface area contributed by atoms with Crippen molar-refractivity contribution in [3.8, 4) is 11.3 Å². The molecule has 4 rings (SSSR count). The zero-order valence-corrected chi connectivity index (χ0v) is 16.5. The van der Waals surface area contributed by atoms with Crippen molar-refractivity contribution in [3.63, 3.8) is 0 Å². The number of benzene rings is 2. The van der Waals surface area contributed by atoms with E-state index in [4.69, 9.17) is 16.3 Å². The molecule has 1 saturated heterocycles. The topological polar surface area (TPSA) is 79.0 Å². The van der Waals surface area contributed by atoms with Gasteiger partial charge in [0.2, 0.25) is 0 Å². The van der Waals surface area contributed by atoms with Crippen LogP contribution in [0.1, 0.15) is 22.2 Å². The number of hydrogen-bond acceptors (Lipinski definition) is 4. The fourth-order valence-corrected chi connectivity index (χ4v) is 3.24. The molecule has 0 spiro atoms. The third kappa shape index (κ3) is 4.54. The minimum atomic E-state index is -0.260. The SMILES string of the molecule is Cl.O=C(Nc1ccc([C@H]2CNCCO2)cc1)c1cc(-c2ccccc2Cl)n[nH]1. The molecule has 0 aliphatic carbocycles. The van der Waals surface area contributed by atoms with Crippen LogP contribution in [-0.2, 0) is 4.74 Å². The van der Waals surface area contributed by atoms with Gasteiger partial charge >= 0.3 is 0 Å². The molecule has 1 aromatic heterocycles. The summed E-state index contributed by atoms with van der Waals surface area (Å²) in [7, 11) is 0. The van der Waals surface area contributed by atoms with Crippen LogP contribution >= 0.6 is 24.0 Å². The summed E-state index contributed by atoms with van der Waals surface area (Å²) >= 11 is 6.19. The largest absolute Gasteiger partial charge is 0.371 e. The molecule has 6 nitrogen and oxygen atoms in total. The van der Waals surface area contributed by atoms with Crippen molar-refractivity contribution < 1.29 is 9.53 Å². The lowest BCUT2D eigenvalue weighted by Crippen LogP contribution is -2.33. The number of morpholine rings is 1. The van der Waals surface area contributed by atoms with Gasteiger partial charge in [0.1, 0.15) is 5.69 Å². The van der Waals surface area contributed by atoms with Crippen molar-refractivity contribution in [1.82, 2.24) is 15.5 Å². The Bertz CT molecular complexity index is 937. The van der Waals surface area contributed by atoms with E-state index in [9.17, 15) is 4.79 Å². The maximum Gasteiger partial charge on any atom is 0.273 e. The molecule has 2 aromatic carbocycles. The third-order valence-corrected chi connectivity index (χ3v) is 4.77. The van der Waals surface area contributed by atoms with E-state index in [1.165, 1.54) is 0 Å². The van der Waals surface area contributed by atoms with Crippen LogP contribution in [0.15, 0.2) is 54.6 Å². The number of halogens is 2. The zero-order chi connectivity index (χ0) is 18.6. The standard InChI is InChI=1S/C20H19ClN4O2.ClH/c21-16-4-2-1-3-15(16)17-11-18(25-24-17)20(26)23-14-7-5-13(6-8-14)19-12-22-9-10-27-19;/h1-8,11,19,22H,9-10,12H2,(H,23,26)(H,24,25);1H/t19-;/m1./s1. The normalized spacial score (nSPS) is 16.2. The first-order valence-electron chi connectivity index (χ1n) is 8.74. The molecular formula is C20H20Cl2N4O2. The molecule has 3 N–H and O–H groups in total. The predicted octanol–water partition coefficient (Wildman–Crippen LogP) is 4.07. The molecular weight excluding hydrogens is 399 g/mol. The molecule has 1 amide bonds. The molecule has 146 valence electrons. The summed E-state index contributed by atoms with van der Waals surface area (Å²) in [5, 5.41) is 13.7. The number of nitrogens with one attached hydrogen (secondary N) is 3. The van der Waals surface area contributed by atoms with E-state index in [2.05, 4.69) is 20.8 Å². The Hall–Kier alpha value is -2.38. The van der Waals surface area contributed by atoms with E-state index in [-0.39, 0.29) is 24.4 Å². The highest BCUT2D eigenvalue weighted by molar-refractivity contribution is 6.33. The highest BCUT2D eigenvalue weighted by Crippen LogP contribution is 2.26. The number of carbonyl (C=O) groups excluding carboxylic acids is 1. The minimum Gasteiger partial charge on any atom is -0.371 e. The molecule has 3 aromatic rings. The molecule has 8 heteroatoms. The average Bonchev–Trinajstić information content (AvgIpc) is 3.20. The number of aromatic amines is 1. The Labute approximate surface area is 174 Å².